The molecule has 2 aromatic rings. The summed E-state index contributed by atoms with van der Waals surface area (Å²) in [6, 6.07) is 9.72. The molecule has 0 spiro atoms. The Bertz CT molecular complexity index is 477. The average Bonchev–Trinajstić information content (AvgIpc) is 2.81. The summed E-state index contributed by atoms with van der Waals surface area (Å²) in [6.45, 7) is 2.04. The van der Waals surface area contributed by atoms with Crippen molar-refractivity contribution in [2.75, 3.05) is 7.11 Å². The molecule has 0 aliphatic carbocycles. The Hall–Kier alpha value is -1.74. The summed E-state index contributed by atoms with van der Waals surface area (Å²) in [7, 11) is 1.66. The second-order valence-corrected chi connectivity index (χ2v) is 4.14. The first-order valence-corrected chi connectivity index (χ1v) is 5.63. The van der Waals surface area contributed by atoms with Gasteiger partial charge in [-0.1, -0.05) is 17.7 Å². The van der Waals surface area contributed by atoms with Gasteiger partial charge in [-0.2, -0.15) is 0 Å². The second kappa shape index (κ2) is 5.06. The van der Waals surface area contributed by atoms with Crippen molar-refractivity contribution in [2.45, 2.75) is 19.4 Å². The monoisotopic (exact) mass is 231 g/mol. The summed E-state index contributed by atoms with van der Waals surface area (Å²) in [6.07, 6.45) is 2.34. The van der Waals surface area contributed by atoms with Crippen molar-refractivity contribution in [3.8, 4) is 5.75 Å². The van der Waals surface area contributed by atoms with Gasteiger partial charge in [0.2, 0.25) is 0 Å². The maximum Gasteiger partial charge on any atom is 0.123 e. The van der Waals surface area contributed by atoms with Crippen LogP contribution < -0.4 is 10.5 Å². The van der Waals surface area contributed by atoms with Crippen molar-refractivity contribution in [3.05, 3.63) is 53.5 Å². The van der Waals surface area contributed by atoms with E-state index in [0.29, 0.717) is 6.42 Å². The molecule has 1 aromatic heterocycles. The molecule has 3 nitrogen and oxygen atoms in total. The Morgan fingerprint density at radius 1 is 1.35 bits per heavy atom. The number of ether oxygens (including phenoxy) is 1. The van der Waals surface area contributed by atoms with Crippen LogP contribution in [-0.4, -0.2) is 7.11 Å². The van der Waals surface area contributed by atoms with Crippen LogP contribution >= 0.6 is 0 Å². The lowest BCUT2D eigenvalue weighted by Crippen LogP contribution is -2.14. The van der Waals surface area contributed by atoms with E-state index in [-0.39, 0.29) is 6.04 Å². The smallest absolute Gasteiger partial charge is 0.123 e. The second-order valence-electron chi connectivity index (χ2n) is 4.14. The highest BCUT2D eigenvalue weighted by molar-refractivity contribution is 5.39. The molecule has 3 heteroatoms. The van der Waals surface area contributed by atoms with Crippen LogP contribution in [0.4, 0.5) is 0 Å². The Kier molecular flexibility index (Phi) is 3.49. The van der Waals surface area contributed by atoms with Gasteiger partial charge in [0.15, 0.2) is 0 Å². The van der Waals surface area contributed by atoms with Gasteiger partial charge in [0.05, 0.1) is 13.4 Å². The molecule has 0 bridgehead atoms. The molecule has 2 N–H and O–H groups in total. The lowest BCUT2D eigenvalue weighted by Gasteiger charge is -2.15. The van der Waals surface area contributed by atoms with E-state index in [1.165, 1.54) is 5.56 Å². The van der Waals surface area contributed by atoms with Gasteiger partial charge in [-0.15, -0.1) is 0 Å². The van der Waals surface area contributed by atoms with Crippen LogP contribution in [0.25, 0.3) is 0 Å². The molecule has 1 heterocycles. The molecule has 90 valence electrons. The van der Waals surface area contributed by atoms with Crippen LogP contribution in [0.5, 0.6) is 5.75 Å². The summed E-state index contributed by atoms with van der Waals surface area (Å²) in [5.41, 5.74) is 8.39. The molecule has 0 aliphatic rings. The van der Waals surface area contributed by atoms with Gasteiger partial charge in [-0.3, -0.25) is 0 Å². The van der Waals surface area contributed by atoms with Crippen LogP contribution in [0.3, 0.4) is 0 Å². The number of hydrogen-bond donors (Lipinski definition) is 1. The Morgan fingerprint density at radius 3 is 2.82 bits per heavy atom. The van der Waals surface area contributed by atoms with E-state index in [2.05, 4.69) is 6.07 Å². The number of benzene rings is 1. The molecule has 1 atom stereocenters. The third-order valence-electron chi connectivity index (χ3n) is 2.79. The van der Waals surface area contributed by atoms with E-state index in [4.69, 9.17) is 14.9 Å². The van der Waals surface area contributed by atoms with Crippen molar-refractivity contribution >= 4 is 0 Å². The van der Waals surface area contributed by atoms with Gasteiger partial charge in [0, 0.05) is 18.0 Å². The van der Waals surface area contributed by atoms with Crippen molar-refractivity contribution in [1.82, 2.24) is 0 Å². The van der Waals surface area contributed by atoms with Crippen molar-refractivity contribution in [2.24, 2.45) is 5.73 Å². The molecule has 1 aromatic carbocycles. The predicted octanol–water partition coefficient (Wildman–Crippen LogP) is 2.84. The third kappa shape index (κ3) is 2.68. The van der Waals surface area contributed by atoms with Gasteiger partial charge in [-0.25, -0.2) is 0 Å². The molecule has 2 rings (SSSR count). The van der Waals surface area contributed by atoms with E-state index in [9.17, 15) is 0 Å². The van der Waals surface area contributed by atoms with Crippen molar-refractivity contribution in [1.29, 1.82) is 0 Å². The Morgan fingerprint density at radius 2 is 2.18 bits per heavy atom. The van der Waals surface area contributed by atoms with Crippen LogP contribution in [0, 0.1) is 6.92 Å². The van der Waals surface area contributed by atoms with E-state index >= 15 is 0 Å². The van der Waals surface area contributed by atoms with Gasteiger partial charge in [0.25, 0.3) is 0 Å². The summed E-state index contributed by atoms with van der Waals surface area (Å²) in [5, 5.41) is 0. The van der Waals surface area contributed by atoms with E-state index in [1.807, 2.05) is 31.2 Å². The van der Waals surface area contributed by atoms with E-state index in [0.717, 1.165) is 17.1 Å². The van der Waals surface area contributed by atoms with Gasteiger partial charge < -0.3 is 14.9 Å². The lowest BCUT2D eigenvalue weighted by molar-refractivity contribution is 0.402. The SMILES string of the molecule is COc1ccc(C)cc1C(N)Cc1ccco1. The van der Waals surface area contributed by atoms with Crippen LogP contribution in [-0.2, 0) is 6.42 Å². The van der Waals surface area contributed by atoms with E-state index in [1.54, 1.807) is 13.4 Å². The Balaban J connectivity index is 2.23. The quantitative estimate of drug-likeness (QED) is 0.880. The largest absolute Gasteiger partial charge is 0.496 e. The zero-order valence-corrected chi connectivity index (χ0v) is 10.1. The van der Waals surface area contributed by atoms with Gasteiger partial charge in [-0.05, 0) is 25.1 Å². The molecule has 0 amide bonds. The highest BCUT2D eigenvalue weighted by Crippen LogP contribution is 2.27. The topological polar surface area (TPSA) is 48.4 Å². The zero-order chi connectivity index (χ0) is 12.3. The van der Waals surface area contributed by atoms with Crippen molar-refractivity contribution in [3.63, 3.8) is 0 Å². The highest BCUT2D eigenvalue weighted by atomic mass is 16.5. The van der Waals surface area contributed by atoms with E-state index < -0.39 is 0 Å². The first kappa shape index (κ1) is 11.7. The fourth-order valence-corrected chi connectivity index (χ4v) is 1.90. The number of aryl methyl sites for hydroxylation is 1. The molecule has 0 saturated heterocycles. The maximum absolute atomic E-state index is 6.19. The maximum atomic E-state index is 6.19. The molecule has 0 fully saturated rings. The number of rotatable bonds is 4. The normalized spacial score (nSPS) is 12.4. The number of furan rings is 1. The molecule has 17 heavy (non-hydrogen) atoms. The molecule has 0 saturated carbocycles. The van der Waals surface area contributed by atoms with Crippen LogP contribution in [0.2, 0.25) is 0 Å². The molecule has 1 unspecified atom stereocenters. The number of nitrogens with two attached hydrogens (primary N) is 1. The first-order valence-electron chi connectivity index (χ1n) is 5.63. The minimum atomic E-state index is -0.115. The summed E-state index contributed by atoms with van der Waals surface area (Å²) in [5.74, 6) is 1.72. The summed E-state index contributed by atoms with van der Waals surface area (Å²) >= 11 is 0. The lowest BCUT2D eigenvalue weighted by atomic mass is 10.0. The summed E-state index contributed by atoms with van der Waals surface area (Å²) < 4.78 is 10.6. The molecular formula is C14H17NO2. The fraction of sp³-hybridized carbons (Fsp3) is 0.286. The minimum absolute atomic E-state index is 0.115. The number of hydrogen-bond acceptors (Lipinski definition) is 3. The standard InChI is InChI=1S/C14H17NO2/c1-10-5-6-14(16-2)12(8-10)13(15)9-11-4-3-7-17-11/h3-8,13H,9,15H2,1-2H3. The van der Waals surface area contributed by atoms with Gasteiger partial charge in [0.1, 0.15) is 11.5 Å². The van der Waals surface area contributed by atoms with Crippen LogP contribution in [0.1, 0.15) is 22.9 Å². The van der Waals surface area contributed by atoms with Gasteiger partial charge >= 0.3 is 0 Å². The van der Waals surface area contributed by atoms with Crippen LogP contribution in [0.15, 0.2) is 41.0 Å². The first-order chi connectivity index (χ1) is 8.20. The third-order valence-corrected chi connectivity index (χ3v) is 2.79. The average molecular weight is 231 g/mol. The van der Waals surface area contributed by atoms with Crippen molar-refractivity contribution < 1.29 is 9.15 Å². The predicted molar refractivity (Wildman–Crippen MR) is 67.1 cm³/mol. The molecule has 0 aliphatic heterocycles. The molecule has 0 radical (unpaired) electrons. The minimum Gasteiger partial charge on any atom is -0.496 e. The number of methoxy groups -OCH3 is 1. The molecular weight excluding hydrogens is 214 g/mol. The zero-order valence-electron chi connectivity index (χ0n) is 10.1. The Labute approximate surface area is 101 Å². The fourth-order valence-electron chi connectivity index (χ4n) is 1.90. The highest BCUT2D eigenvalue weighted by Gasteiger charge is 2.13. The summed E-state index contributed by atoms with van der Waals surface area (Å²) in [4.78, 5) is 0.